The molecule has 0 bridgehead atoms. The molecule has 1 aromatic carbocycles. The van der Waals surface area contributed by atoms with E-state index < -0.39 is 0 Å². The molecule has 1 aliphatic rings. The minimum atomic E-state index is 0.460. The molecule has 5 nitrogen and oxygen atoms in total. The van der Waals surface area contributed by atoms with Crippen LogP contribution < -0.4 is 5.32 Å². The minimum absolute atomic E-state index is 0.460. The van der Waals surface area contributed by atoms with Crippen LogP contribution >= 0.6 is 11.6 Å². The van der Waals surface area contributed by atoms with E-state index in [1.165, 1.54) is 0 Å². The Hall–Kier alpha value is -2.63. The third-order valence-electron chi connectivity index (χ3n) is 5.02. The van der Waals surface area contributed by atoms with Gasteiger partial charge in [0.2, 0.25) is 5.89 Å². The van der Waals surface area contributed by atoms with Crippen molar-refractivity contribution in [2.24, 2.45) is 0 Å². The van der Waals surface area contributed by atoms with Gasteiger partial charge in [-0.1, -0.05) is 18.2 Å². The van der Waals surface area contributed by atoms with Crippen molar-refractivity contribution in [2.75, 3.05) is 13.1 Å². The Morgan fingerprint density at radius 3 is 2.75 bits per heavy atom. The summed E-state index contributed by atoms with van der Waals surface area (Å²) in [5, 5.41) is 8.62. The van der Waals surface area contributed by atoms with Crippen LogP contribution in [-0.2, 0) is 0 Å². The Morgan fingerprint density at radius 2 is 2.00 bits per heavy atom. The van der Waals surface area contributed by atoms with Gasteiger partial charge in [-0.3, -0.25) is 4.68 Å². The highest BCUT2D eigenvalue weighted by atomic mass is 35.5. The number of nitrogens with zero attached hydrogens (tertiary/aromatic N) is 3. The maximum Gasteiger partial charge on any atom is 0.222 e. The highest BCUT2D eigenvalue weighted by Crippen LogP contribution is 2.27. The van der Waals surface area contributed by atoms with Crippen LogP contribution in [0, 0.1) is 0 Å². The third-order valence-corrected chi connectivity index (χ3v) is 5.27. The third kappa shape index (κ3) is 4.11. The monoisotopic (exact) mass is 394 g/mol. The van der Waals surface area contributed by atoms with E-state index in [1.807, 2.05) is 43.5 Å². The van der Waals surface area contributed by atoms with Crippen LogP contribution in [0.1, 0.15) is 37.3 Å². The Morgan fingerprint density at radius 1 is 1.25 bits per heavy atom. The van der Waals surface area contributed by atoms with Crippen molar-refractivity contribution < 1.29 is 4.42 Å². The molecule has 0 aliphatic carbocycles. The summed E-state index contributed by atoms with van der Waals surface area (Å²) in [4.78, 5) is 4.40. The average molecular weight is 395 g/mol. The molecule has 1 N–H and O–H groups in total. The maximum absolute atomic E-state index is 5.95. The molecule has 0 saturated carbocycles. The highest BCUT2D eigenvalue weighted by Gasteiger charge is 2.16. The van der Waals surface area contributed by atoms with Gasteiger partial charge in [-0.05, 0) is 68.8 Å². The van der Waals surface area contributed by atoms with Crippen LogP contribution in [-0.4, -0.2) is 27.9 Å². The Balaban J connectivity index is 1.48. The lowest BCUT2D eigenvalue weighted by atomic mass is 10.1. The van der Waals surface area contributed by atoms with Crippen molar-refractivity contribution in [2.45, 2.75) is 25.8 Å². The molecule has 0 atom stereocenters. The first kappa shape index (κ1) is 18.7. The SMILES string of the molecule is C=C(/C=C(\C)c1ncc(-c2ccc(Cl)cc2)o1)c1cnn(C2CCNCC2)c1. The Labute approximate surface area is 169 Å². The van der Waals surface area contributed by atoms with E-state index in [0.29, 0.717) is 22.7 Å². The molecule has 6 heteroatoms. The Bertz CT molecular complexity index is 994. The van der Waals surface area contributed by atoms with E-state index in [0.717, 1.165) is 48.2 Å². The summed E-state index contributed by atoms with van der Waals surface area (Å²) in [7, 11) is 0. The summed E-state index contributed by atoms with van der Waals surface area (Å²) in [6.07, 6.45) is 9.88. The predicted molar refractivity (Wildman–Crippen MR) is 113 cm³/mol. The number of halogens is 1. The molecule has 0 radical (unpaired) electrons. The molecule has 3 aromatic rings. The number of hydrogen-bond acceptors (Lipinski definition) is 4. The van der Waals surface area contributed by atoms with Crippen molar-refractivity contribution in [3.8, 4) is 11.3 Å². The molecular formula is C22H23ClN4O. The van der Waals surface area contributed by atoms with Gasteiger partial charge in [-0.15, -0.1) is 0 Å². The fraction of sp³-hybridized carbons (Fsp3) is 0.273. The topological polar surface area (TPSA) is 55.9 Å². The van der Waals surface area contributed by atoms with E-state index in [1.54, 1.807) is 6.20 Å². The van der Waals surface area contributed by atoms with Crippen molar-refractivity contribution in [1.29, 1.82) is 0 Å². The van der Waals surface area contributed by atoms with Gasteiger partial charge in [0, 0.05) is 27.9 Å². The predicted octanol–water partition coefficient (Wildman–Crippen LogP) is 5.23. The smallest absolute Gasteiger partial charge is 0.222 e. The van der Waals surface area contributed by atoms with E-state index >= 15 is 0 Å². The second-order valence-corrected chi connectivity index (χ2v) is 7.52. The molecule has 0 spiro atoms. The Kier molecular flexibility index (Phi) is 5.46. The standard InChI is InChI=1S/C22H23ClN4O/c1-15(18-12-26-27(14-18)20-7-9-24-10-8-20)11-16(2)22-25-13-21(28-22)17-3-5-19(23)6-4-17/h3-6,11-14,20,24H,1,7-10H2,2H3/b16-11+. The zero-order chi connectivity index (χ0) is 19.5. The molecule has 1 aliphatic heterocycles. The fourth-order valence-electron chi connectivity index (χ4n) is 3.39. The van der Waals surface area contributed by atoms with Crippen LogP contribution in [0.3, 0.4) is 0 Å². The number of aromatic nitrogens is 3. The minimum Gasteiger partial charge on any atom is -0.437 e. The summed E-state index contributed by atoms with van der Waals surface area (Å²) in [6.45, 7) is 8.25. The molecule has 1 fully saturated rings. The van der Waals surface area contributed by atoms with Gasteiger partial charge in [0.1, 0.15) is 0 Å². The first-order valence-corrected chi connectivity index (χ1v) is 9.82. The second kappa shape index (κ2) is 8.17. The van der Waals surface area contributed by atoms with Crippen LogP contribution in [0.15, 0.2) is 59.9 Å². The van der Waals surface area contributed by atoms with Crippen LogP contribution in [0.25, 0.3) is 22.5 Å². The van der Waals surface area contributed by atoms with Crippen molar-refractivity contribution >= 4 is 22.7 Å². The highest BCUT2D eigenvalue weighted by molar-refractivity contribution is 6.30. The van der Waals surface area contributed by atoms with Gasteiger partial charge < -0.3 is 9.73 Å². The van der Waals surface area contributed by atoms with Crippen molar-refractivity contribution in [3.05, 3.63) is 72.0 Å². The summed E-state index contributed by atoms with van der Waals surface area (Å²) in [6, 6.07) is 7.97. The molecule has 0 unspecified atom stereocenters. The van der Waals surface area contributed by atoms with Gasteiger partial charge in [-0.25, -0.2) is 4.98 Å². The summed E-state index contributed by atoms with van der Waals surface area (Å²) >= 11 is 5.95. The fourth-order valence-corrected chi connectivity index (χ4v) is 3.51. The molecule has 0 amide bonds. The maximum atomic E-state index is 5.95. The van der Waals surface area contributed by atoms with E-state index in [9.17, 15) is 0 Å². The van der Waals surface area contributed by atoms with Crippen molar-refractivity contribution in [1.82, 2.24) is 20.1 Å². The first-order chi connectivity index (χ1) is 13.6. The summed E-state index contributed by atoms with van der Waals surface area (Å²) in [5.41, 5.74) is 3.77. The molecule has 1 saturated heterocycles. The number of hydrogen-bond donors (Lipinski definition) is 1. The molecule has 28 heavy (non-hydrogen) atoms. The average Bonchev–Trinajstić information content (AvgIpc) is 3.39. The van der Waals surface area contributed by atoms with Crippen molar-refractivity contribution in [3.63, 3.8) is 0 Å². The summed E-state index contributed by atoms with van der Waals surface area (Å²) < 4.78 is 7.98. The number of rotatable bonds is 5. The zero-order valence-electron chi connectivity index (χ0n) is 15.9. The molecule has 3 heterocycles. The van der Waals surface area contributed by atoms with E-state index in [2.05, 4.69) is 32.9 Å². The summed E-state index contributed by atoms with van der Waals surface area (Å²) in [5.74, 6) is 1.29. The normalized spacial score (nSPS) is 15.7. The van der Waals surface area contributed by atoms with Gasteiger partial charge in [0.25, 0.3) is 0 Å². The number of allylic oxidation sites excluding steroid dienone is 3. The molecule has 2 aromatic heterocycles. The lowest BCUT2D eigenvalue weighted by Crippen LogP contribution is -2.29. The van der Waals surface area contributed by atoms with Gasteiger partial charge >= 0.3 is 0 Å². The largest absolute Gasteiger partial charge is 0.437 e. The number of nitrogens with one attached hydrogen (secondary N) is 1. The van der Waals surface area contributed by atoms with E-state index in [4.69, 9.17) is 16.0 Å². The van der Waals surface area contributed by atoms with Gasteiger partial charge in [0.15, 0.2) is 5.76 Å². The van der Waals surface area contributed by atoms with Crippen LogP contribution in [0.4, 0.5) is 0 Å². The molecule has 144 valence electrons. The second-order valence-electron chi connectivity index (χ2n) is 7.08. The number of benzene rings is 1. The van der Waals surface area contributed by atoms with Crippen LogP contribution in [0.2, 0.25) is 5.02 Å². The van der Waals surface area contributed by atoms with Crippen LogP contribution in [0.5, 0.6) is 0 Å². The van der Waals surface area contributed by atoms with Gasteiger partial charge in [0.05, 0.1) is 18.4 Å². The molecular weight excluding hydrogens is 372 g/mol. The molecule has 4 rings (SSSR count). The lowest BCUT2D eigenvalue weighted by molar-refractivity contribution is 0.343. The first-order valence-electron chi connectivity index (χ1n) is 9.45. The lowest BCUT2D eigenvalue weighted by Gasteiger charge is -2.22. The van der Waals surface area contributed by atoms with Gasteiger partial charge in [-0.2, -0.15) is 5.10 Å². The number of piperidine rings is 1. The van der Waals surface area contributed by atoms with E-state index in [-0.39, 0.29) is 0 Å². The number of oxazole rings is 1. The zero-order valence-corrected chi connectivity index (χ0v) is 16.6. The quantitative estimate of drug-likeness (QED) is 0.602.